The molecular formula is C8H10BrClFN. The van der Waals surface area contributed by atoms with Gasteiger partial charge in [0.1, 0.15) is 5.82 Å². The van der Waals surface area contributed by atoms with Gasteiger partial charge in [0.25, 0.3) is 0 Å². The van der Waals surface area contributed by atoms with Crippen LogP contribution in [0, 0.1) is 5.82 Å². The van der Waals surface area contributed by atoms with E-state index in [1.165, 1.54) is 6.07 Å². The zero-order chi connectivity index (χ0) is 8.43. The van der Waals surface area contributed by atoms with Gasteiger partial charge in [0.05, 0.1) is 0 Å². The summed E-state index contributed by atoms with van der Waals surface area (Å²) in [4.78, 5) is 0. The number of halogens is 3. The van der Waals surface area contributed by atoms with Crippen molar-refractivity contribution in [2.75, 3.05) is 0 Å². The Morgan fingerprint density at radius 3 is 2.42 bits per heavy atom. The highest BCUT2D eigenvalue weighted by molar-refractivity contribution is 9.10. The Kier molecular flexibility index (Phi) is 4.75. The average molecular weight is 255 g/mol. The molecule has 0 aliphatic rings. The molecule has 1 aromatic carbocycles. The minimum absolute atomic E-state index is 0. The highest BCUT2D eigenvalue weighted by atomic mass is 79.9. The summed E-state index contributed by atoms with van der Waals surface area (Å²) in [6, 6.07) is 4.56. The Bertz CT molecular complexity index is 245. The van der Waals surface area contributed by atoms with Gasteiger partial charge in [0.2, 0.25) is 0 Å². The minimum Gasteiger partial charge on any atom is -0.324 e. The van der Waals surface area contributed by atoms with Crippen LogP contribution in [0.3, 0.4) is 0 Å². The van der Waals surface area contributed by atoms with E-state index in [-0.39, 0.29) is 24.3 Å². The molecule has 0 bridgehead atoms. The average Bonchev–Trinajstić information content (AvgIpc) is 1.85. The molecule has 0 amide bonds. The minimum atomic E-state index is -0.273. The van der Waals surface area contributed by atoms with Gasteiger partial charge in [-0.05, 0) is 19.1 Å². The predicted molar refractivity (Wildman–Crippen MR) is 54.0 cm³/mol. The monoisotopic (exact) mass is 253 g/mol. The van der Waals surface area contributed by atoms with Gasteiger partial charge in [-0.3, -0.25) is 0 Å². The predicted octanol–water partition coefficient (Wildman–Crippen LogP) is 3.03. The summed E-state index contributed by atoms with van der Waals surface area (Å²) in [5.74, 6) is -0.255. The molecule has 0 spiro atoms. The van der Waals surface area contributed by atoms with Crippen molar-refractivity contribution in [1.29, 1.82) is 0 Å². The molecule has 0 aliphatic carbocycles. The molecule has 2 N–H and O–H groups in total. The van der Waals surface area contributed by atoms with Crippen molar-refractivity contribution in [2.24, 2.45) is 5.73 Å². The maximum atomic E-state index is 13.0. The van der Waals surface area contributed by atoms with Crippen LogP contribution in [-0.2, 0) is 0 Å². The number of benzene rings is 1. The zero-order valence-corrected chi connectivity index (χ0v) is 8.95. The first kappa shape index (κ1) is 11.9. The molecule has 0 radical (unpaired) electrons. The second kappa shape index (κ2) is 4.80. The largest absolute Gasteiger partial charge is 0.324 e. The van der Waals surface area contributed by atoms with E-state index in [0.717, 1.165) is 4.47 Å². The first-order valence-corrected chi connectivity index (χ1v) is 4.11. The molecule has 4 heteroatoms. The first-order valence-electron chi connectivity index (χ1n) is 3.32. The summed E-state index contributed by atoms with van der Waals surface area (Å²) in [6.07, 6.45) is 0. The second-order valence-corrected chi connectivity index (χ2v) is 3.28. The number of rotatable bonds is 1. The SMILES string of the molecule is CC(N)c1c(F)cccc1Br.Cl. The Labute approximate surface area is 85.7 Å². The van der Waals surface area contributed by atoms with Crippen molar-refractivity contribution in [3.05, 3.63) is 34.1 Å². The Morgan fingerprint density at radius 2 is 2.08 bits per heavy atom. The van der Waals surface area contributed by atoms with E-state index in [1.807, 2.05) is 0 Å². The molecule has 0 fully saturated rings. The van der Waals surface area contributed by atoms with Gasteiger partial charge in [-0.2, -0.15) is 0 Å². The molecular weight excluding hydrogens is 244 g/mol. The van der Waals surface area contributed by atoms with Crippen LogP contribution in [0.1, 0.15) is 18.5 Å². The molecule has 68 valence electrons. The van der Waals surface area contributed by atoms with Crippen LogP contribution in [0.25, 0.3) is 0 Å². The van der Waals surface area contributed by atoms with Crippen molar-refractivity contribution in [2.45, 2.75) is 13.0 Å². The molecule has 0 aromatic heterocycles. The molecule has 0 saturated carbocycles. The number of nitrogens with two attached hydrogens (primary N) is 1. The summed E-state index contributed by atoms with van der Waals surface area (Å²) in [6.45, 7) is 1.75. The van der Waals surface area contributed by atoms with E-state index in [1.54, 1.807) is 19.1 Å². The summed E-state index contributed by atoms with van der Waals surface area (Å²) in [7, 11) is 0. The van der Waals surface area contributed by atoms with Crippen LogP contribution in [0.5, 0.6) is 0 Å². The third-order valence-electron chi connectivity index (χ3n) is 1.46. The lowest BCUT2D eigenvalue weighted by Gasteiger charge is -2.08. The molecule has 1 unspecified atom stereocenters. The van der Waals surface area contributed by atoms with E-state index < -0.39 is 0 Å². The molecule has 1 atom stereocenters. The lowest BCUT2D eigenvalue weighted by atomic mass is 10.1. The summed E-state index contributed by atoms with van der Waals surface area (Å²) in [5.41, 5.74) is 6.08. The smallest absolute Gasteiger partial charge is 0.129 e. The lowest BCUT2D eigenvalue weighted by Crippen LogP contribution is -2.08. The van der Waals surface area contributed by atoms with Gasteiger partial charge in [0, 0.05) is 16.1 Å². The first-order chi connectivity index (χ1) is 5.13. The van der Waals surface area contributed by atoms with Crippen molar-refractivity contribution >= 4 is 28.3 Å². The molecule has 0 saturated heterocycles. The third-order valence-corrected chi connectivity index (χ3v) is 2.15. The van der Waals surface area contributed by atoms with Gasteiger partial charge in [-0.25, -0.2) is 4.39 Å². The molecule has 12 heavy (non-hydrogen) atoms. The standard InChI is InChI=1S/C8H9BrFN.ClH/c1-5(11)8-6(9)3-2-4-7(8)10;/h2-5H,11H2,1H3;1H. The van der Waals surface area contributed by atoms with E-state index in [4.69, 9.17) is 5.73 Å². The Morgan fingerprint density at radius 1 is 1.50 bits per heavy atom. The Balaban J connectivity index is 0.00000121. The Hall–Kier alpha value is -0.120. The van der Waals surface area contributed by atoms with Gasteiger partial charge in [0.15, 0.2) is 0 Å². The van der Waals surface area contributed by atoms with Crippen LogP contribution in [0.2, 0.25) is 0 Å². The van der Waals surface area contributed by atoms with Crippen molar-refractivity contribution < 1.29 is 4.39 Å². The molecule has 0 heterocycles. The fraction of sp³-hybridized carbons (Fsp3) is 0.250. The normalized spacial score (nSPS) is 12.0. The maximum absolute atomic E-state index is 13.0. The van der Waals surface area contributed by atoms with E-state index >= 15 is 0 Å². The number of hydrogen-bond acceptors (Lipinski definition) is 1. The van der Waals surface area contributed by atoms with Gasteiger partial charge < -0.3 is 5.73 Å². The summed E-state index contributed by atoms with van der Waals surface area (Å²) in [5, 5.41) is 0. The molecule has 1 aromatic rings. The highest BCUT2D eigenvalue weighted by Crippen LogP contribution is 2.24. The molecule has 1 rings (SSSR count). The van der Waals surface area contributed by atoms with E-state index in [0.29, 0.717) is 5.56 Å². The highest BCUT2D eigenvalue weighted by Gasteiger charge is 2.09. The van der Waals surface area contributed by atoms with Crippen molar-refractivity contribution in [1.82, 2.24) is 0 Å². The third kappa shape index (κ3) is 2.44. The van der Waals surface area contributed by atoms with Crippen molar-refractivity contribution in [3.8, 4) is 0 Å². The van der Waals surface area contributed by atoms with Crippen LogP contribution >= 0.6 is 28.3 Å². The topological polar surface area (TPSA) is 26.0 Å². The lowest BCUT2D eigenvalue weighted by molar-refractivity contribution is 0.592. The summed E-state index contributed by atoms with van der Waals surface area (Å²) >= 11 is 3.23. The fourth-order valence-electron chi connectivity index (χ4n) is 0.946. The quantitative estimate of drug-likeness (QED) is 0.819. The van der Waals surface area contributed by atoms with Gasteiger partial charge >= 0.3 is 0 Å². The zero-order valence-electron chi connectivity index (χ0n) is 6.55. The van der Waals surface area contributed by atoms with Gasteiger partial charge in [-0.15, -0.1) is 12.4 Å². The molecule has 1 nitrogen and oxygen atoms in total. The molecule has 0 aliphatic heterocycles. The van der Waals surface area contributed by atoms with Gasteiger partial charge in [-0.1, -0.05) is 22.0 Å². The van der Waals surface area contributed by atoms with Crippen molar-refractivity contribution in [3.63, 3.8) is 0 Å². The van der Waals surface area contributed by atoms with Crippen LogP contribution in [-0.4, -0.2) is 0 Å². The van der Waals surface area contributed by atoms with Crippen LogP contribution in [0.15, 0.2) is 22.7 Å². The fourth-order valence-corrected chi connectivity index (χ4v) is 1.65. The van der Waals surface area contributed by atoms with Crippen LogP contribution < -0.4 is 5.73 Å². The van der Waals surface area contributed by atoms with E-state index in [9.17, 15) is 4.39 Å². The maximum Gasteiger partial charge on any atom is 0.129 e. The number of hydrogen-bond donors (Lipinski definition) is 1. The second-order valence-electron chi connectivity index (χ2n) is 2.42. The van der Waals surface area contributed by atoms with E-state index in [2.05, 4.69) is 15.9 Å². The van der Waals surface area contributed by atoms with Crippen LogP contribution in [0.4, 0.5) is 4.39 Å². The summed E-state index contributed by atoms with van der Waals surface area (Å²) < 4.78 is 13.7.